The summed E-state index contributed by atoms with van der Waals surface area (Å²) in [5, 5.41) is 2.00. The quantitative estimate of drug-likeness (QED) is 0.469. The molecule has 0 aliphatic heterocycles. The molecule has 4 rings (SSSR count). The van der Waals surface area contributed by atoms with E-state index in [1.807, 2.05) is 41.8 Å². The number of benzene rings is 1. The summed E-state index contributed by atoms with van der Waals surface area (Å²) >= 11 is 1.62. The number of carbonyl (C=O) groups excluding carboxylic acids is 2. The third-order valence-electron chi connectivity index (χ3n) is 5.44. The molecule has 4 nitrogen and oxygen atoms in total. The molecule has 0 fully saturated rings. The van der Waals surface area contributed by atoms with Crippen LogP contribution < -0.4 is 0 Å². The summed E-state index contributed by atoms with van der Waals surface area (Å²) in [7, 11) is 0. The Morgan fingerprint density at radius 2 is 1.83 bits per heavy atom. The highest BCUT2D eigenvalue weighted by Crippen LogP contribution is 2.23. The van der Waals surface area contributed by atoms with E-state index in [-0.39, 0.29) is 24.5 Å². The molecule has 0 radical (unpaired) electrons. The topological polar surface area (TPSA) is 50.5 Å². The SMILES string of the molecule is O=C(CCC(=O)N(Cc1ccco1)Cc1cccs1)c1ccc2c(c1)CCCC2. The second kappa shape index (κ2) is 9.23. The Labute approximate surface area is 175 Å². The fourth-order valence-corrected chi connectivity index (χ4v) is 4.56. The number of fused-ring (bicyclic) bond motifs is 1. The van der Waals surface area contributed by atoms with Gasteiger partial charge >= 0.3 is 0 Å². The molecule has 1 amide bonds. The number of rotatable bonds is 8. The van der Waals surface area contributed by atoms with Crippen LogP contribution in [0.5, 0.6) is 0 Å². The van der Waals surface area contributed by atoms with Gasteiger partial charge in [-0.3, -0.25) is 9.59 Å². The maximum absolute atomic E-state index is 12.9. The first-order chi connectivity index (χ1) is 14.2. The first-order valence-corrected chi connectivity index (χ1v) is 11.0. The zero-order valence-corrected chi connectivity index (χ0v) is 17.2. The second-order valence-electron chi connectivity index (χ2n) is 7.52. The summed E-state index contributed by atoms with van der Waals surface area (Å²) in [5.41, 5.74) is 3.39. The summed E-state index contributed by atoms with van der Waals surface area (Å²) in [5.74, 6) is 0.762. The molecule has 1 aliphatic rings. The minimum Gasteiger partial charge on any atom is -0.467 e. The smallest absolute Gasteiger partial charge is 0.223 e. The minimum atomic E-state index is -0.0267. The standard InChI is InChI=1S/C24H25NO3S/c26-23(20-10-9-18-5-1-2-6-19(18)15-20)11-12-24(27)25(16-21-7-3-13-28-21)17-22-8-4-14-29-22/h3-4,7-10,13-15H,1-2,5-6,11-12,16-17H2. The predicted molar refractivity (Wildman–Crippen MR) is 114 cm³/mol. The normalized spacial score (nSPS) is 13.1. The van der Waals surface area contributed by atoms with Crippen LogP contribution in [0, 0.1) is 0 Å². The van der Waals surface area contributed by atoms with Gasteiger partial charge in [0, 0.05) is 23.3 Å². The molecule has 0 unspecified atom stereocenters. The number of ketones is 1. The van der Waals surface area contributed by atoms with Gasteiger partial charge in [0.15, 0.2) is 5.78 Å². The lowest BCUT2D eigenvalue weighted by molar-refractivity contribution is -0.132. The first-order valence-electron chi connectivity index (χ1n) is 10.2. The summed E-state index contributed by atoms with van der Waals surface area (Å²) in [6, 6.07) is 13.7. The number of carbonyl (C=O) groups is 2. The van der Waals surface area contributed by atoms with Crippen LogP contribution in [0.15, 0.2) is 58.5 Å². The number of furan rings is 1. The van der Waals surface area contributed by atoms with Gasteiger partial charge in [0.05, 0.1) is 19.4 Å². The third kappa shape index (κ3) is 5.04. The van der Waals surface area contributed by atoms with Crippen LogP contribution in [-0.2, 0) is 30.7 Å². The van der Waals surface area contributed by atoms with Crippen LogP contribution in [0.4, 0.5) is 0 Å². The molecule has 1 aliphatic carbocycles. The zero-order valence-electron chi connectivity index (χ0n) is 16.4. The molecule has 29 heavy (non-hydrogen) atoms. The monoisotopic (exact) mass is 407 g/mol. The van der Waals surface area contributed by atoms with E-state index >= 15 is 0 Å². The molecule has 0 saturated heterocycles. The van der Waals surface area contributed by atoms with E-state index in [2.05, 4.69) is 6.07 Å². The Morgan fingerprint density at radius 3 is 2.59 bits per heavy atom. The van der Waals surface area contributed by atoms with Gasteiger partial charge in [-0.2, -0.15) is 0 Å². The van der Waals surface area contributed by atoms with Crippen molar-refractivity contribution in [2.45, 2.75) is 51.6 Å². The maximum Gasteiger partial charge on any atom is 0.223 e. The van der Waals surface area contributed by atoms with Crippen LogP contribution in [0.2, 0.25) is 0 Å². The van der Waals surface area contributed by atoms with Crippen LogP contribution in [0.25, 0.3) is 0 Å². The maximum atomic E-state index is 12.9. The lowest BCUT2D eigenvalue weighted by Crippen LogP contribution is -2.30. The van der Waals surface area contributed by atoms with Gasteiger partial charge in [-0.05, 0) is 66.5 Å². The van der Waals surface area contributed by atoms with Crippen molar-refractivity contribution in [2.24, 2.45) is 0 Å². The van der Waals surface area contributed by atoms with Crippen molar-refractivity contribution < 1.29 is 14.0 Å². The van der Waals surface area contributed by atoms with Gasteiger partial charge in [-0.1, -0.05) is 18.2 Å². The highest BCUT2D eigenvalue weighted by Gasteiger charge is 2.19. The van der Waals surface area contributed by atoms with Gasteiger partial charge in [-0.15, -0.1) is 11.3 Å². The first kappa shape index (κ1) is 19.6. The van der Waals surface area contributed by atoms with Crippen LogP contribution in [0.1, 0.15) is 57.8 Å². The van der Waals surface area contributed by atoms with E-state index in [1.54, 1.807) is 22.5 Å². The van der Waals surface area contributed by atoms with E-state index in [1.165, 1.54) is 24.0 Å². The number of Topliss-reactive ketones (excluding diaryl/α,β-unsaturated/α-hetero) is 1. The van der Waals surface area contributed by atoms with Crippen LogP contribution in [0.3, 0.4) is 0 Å². The molecular formula is C24H25NO3S. The molecule has 0 bridgehead atoms. The Balaban J connectivity index is 1.39. The highest BCUT2D eigenvalue weighted by atomic mass is 32.1. The number of amides is 1. The van der Waals surface area contributed by atoms with Crippen molar-refractivity contribution in [3.05, 3.63) is 81.4 Å². The molecular weight excluding hydrogens is 382 g/mol. The predicted octanol–water partition coefficient (Wildman–Crippen LogP) is 5.41. The fourth-order valence-electron chi connectivity index (χ4n) is 3.84. The molecule has 3 aromatic rings. The number of hydrogen-bond donors (Lipinski definition) is 0. The van der Waals surface area contributed by atoms with E-state index in [9.17, 15) is 9.59 Å². The van der Waals surface area contributed by atoms with Gasteiger partial charge in [0.2, 0.25) is 5.91 Å². The average Bonchev–Trinajstić information content (AvgIpc) is 3.45. The van der Waals surface area contributed by atoms with Gasteiger partial charge in [0.1, 0.15) is 5.76 Å². The van der Waals surface area contributed by atoms with Gasteiger partial charge in [0.25, 0.3) is 0 Å². The third-order valence-corrected chi connectivity index (χ3v) is 6.30. The number of aryl methyl sites for hydroxylation is 2. The lowest BCUT2D eigenvalue weighted by Gasteiger charge is -2.21. The van der Waals surface area contributed by atoms with E-state index in [0.29, 0.717) is 13.1 Å². The second-order valence-corrected chi connectivity index (χ2v) is 8.55. The van der Waals surface area contributed by atoms with Crippen molar-refractivity contribution in [1.82, 2.24) is 4.90 Å². The van der Waals surface area contributed by atoms with Crippen molar-refractivity contribution in [2.75, 3.05) is 0 Å². The lowest BCUT2D eigenvalue weighted by atomic mass is 9.89. The summed E-state index contributed by atoms with van der Waals surface area (Å²) in [6.07, 6.45) is 6.62. The van der Waals surface area contributed by atoms with Crippen LogP contribution >= 0.6 is 11.3 Å². The van der Waals surface area contributed by atoms with Crippen molar-refractivity contribution in [1.29, 1.82) is 0 Å². The van der Waals surface area contributed by atoms with Gasteiger partial charge < -0.3 is 9.32 Å². The van der Waals surface area contributed by atoms with E-state index in [4.69, 9.17) is 4.42 Å². The molecule has 150 valence electrons. The molecule has 1 aromatic carbocycles. The fraction of sp³-hybridized carbons (Fsp3) is 0.333. The molecule has 5 heteroatoms. The summed E-state index contributed by atoms with van der Waals surface area (Å²) < 4.78 is 5.42. The molecule has 0 saturated carbocycles. The number of hydrogen-bond acceptors (Lipinski definition) is 4. The Bertz CT molecular complexity index is 924. The average molecular weight is 408 g/mol. The number of nitrogens with zero attached hydrogens (tertiary/aromatic N) is 1. The van der Waals surface area contributed by atoms with Crippen LogP contribution in [-0.4, -0.2) is 16.6 Å². The summed E-state index contributed by atoms with van der Waals surface area (Å²) in [4.78, 5) is 28.5. The largest absolute Gasteiger partial charge is 0.467 e. The molecule has 0 N–H and O–H groups in total. The summed E-state index contributed by atoms with van der Waals surface area (Å²) in [6.45, 7) is 0.945. The van der Waals surface area contributed by atoms with Crippen molar-refractivity contribution in [3.8, 4) is 0 Å². The zero-order chi connectivity index (χ0) is 20.1. The molecule has 0 spiro atoms. The van der Waals surface area contributed by atoms with Crippen molar-refractivity contribution >= 4 is 23.0 Å². The highest BCUT2D eigenvalue weighted by molar-refractivity contribution is 7.09. The van der Waals surface area contributed by atoms with Crippen molar-refractivity contribution in [3.63, 3.8) is 0 Å². The number of thiophene rings is 1. The molecule has 2 aromatic heterocycles. The Kier molecular flexibility index (Phi) is 6.25. The Hall–Kier alpha value is -2.66. The van der Waals surface area contributed by atoms with E-state index < -0.39 is 0 Å². The Morgan fingerprint density at radius 1 is 0.966 bits per heavy atom. The molecule has 2 heterocycles. The molecule has 0 atom stereocenters. The minimum absolute atomic E-state index is 0.0267. The van der Waals surface area contributed by atoms with Gasteiger partial charge in [-0.25, -0.2) is 0 Å². The van der Waals surface area contributed by atoms with E-state index in [0.717, 1.165) is 29.0 Å².